The third-order valence-corrected chi connectivity index (χ3v) is 2.94. The highest BCUT2D eigenvalue weighted by Gasteiger charge is 2.30. The molecule has 1 unspecified atom stereocenters. The van der Waals surface area contributed by atoms with Crippen molar-refractivity contribution in [1.29, 1.82) is 0 Å². The van der Waals surface area contributed by atoms with Crippen molar-refractivity contribution in [3.63, 3.8) is 0 Å². The smallest absolute Gasteiger partial charge is 0.416 e. The third kappa shape index (κ3) is 3.11. The Kier molecular flexibility index (Phi) is 3.99. The van der Waals surface area contributed by atoms with Crippen LogP contribution in [-0.4, -0.2) is 12.2 Å². The van der Waals surface area contributed by atoms with E-state index < -0.39 is 17.8 Å². The van der Waals surface area contributed by atoms with Gasteiger partial charge < -0.3 is 9.84 Å². The molecule has 0 aliphatic carbocycles. The zero-order valence-electron chi connectivity index (χ0n) is 10.7. The fraction of sp³-hybridized carbons (Fsp3) is 0.200. The summed E-state index contributed by atoms with van der Waals surface area (Å²) in [6, 6.07) is 11.2. The van der Waals surface area contributed by atoms with E-state index in [9.17, 15) is 18.3 Å². The van der Waals surface area contributed by atoms with Crippen molar-refractivity contribution in [2.24, 2.45) is 0 Å². The molecule has 0 heterocycles. The predicted molar refractivity (Wildman–Crippen MR) is 68.5 cm³/mol. The molecule has 0 saturated heterocycles. The zero-order valence-corrected chi connectivity index (χ0v) is 10.7. The summed E-state index contributed by atoms with van der Waals surface area (Å²) < 4.78 is 43.0. The molecule has 0 radical (unpaired) electrons. The summed E-state index contributed by atoms with van der Waals surface area (Å²) in [5.41, 5.74) is -0.117. The molecule has 2 aromatic carbocycles. The highest BCUT2D eigenvalue weighted by molar-refractivity contribution is 5.37. The van der Waals surface area contributed by atoms with E-state index in [0.29, 0.717) is 11.3 Å². The van der Waals surface area contributed by atoms with Gasteiger partial charge in [-0.25, -0.2) is 0 Å². The molecular formula is C15H13F3O2. The molecule has 2 aromatic rings. The van der Waals surface area contributed by atoms with Gasteiger partial charge in [-0.3, -0.25) is 0 Å². The minimum atomic E-state index is -4.43. The number of ether oxygens (including phenoxy) is 1. The number of halogens is 3. The molecular weight excluding hydrogens is 269 g/mol. The van der Waals surface area contributed by atoms with Crippen LogP contribution in [-0.2, 0) is 6.18 Å². The highest BCUT2D eigenvalue weighted by atomic mass is 19.4. The summed E-state index contributed by atoms with van der Waals surface area (Å²) in [5.74, 6) is 0.536. The van der Waals surface area contributed by atoms with Crippen LogP contribution in [0.1, 0.15) is 22.8 Å². The van der Waals surface area contributed by atoms with Crippen LogP contribution in [0.5, 0.6) is 5.75 Å². The van der Waals surface area contributed by atoms with Gasteiger partial charge >= 0.3 is 6.18 Å². The van der Waals surface area contributed by atoms with Gasteiger partial charge in [0.1, 0.15) is 11.9 Å². The van der Waals surface area contributed by atoms with E-state index in [-0.39, 0.29) is 5.56 Å². The molecule has 20 heavy (non-hydrogen) atoms. The van der Waals surface area contributed by atoms with Gasteiger partial charge in [0, 0.05) is 0 Å². The molecule has 5 heteroatoms. The lowest BCUT2D eigenvalue weighted by molar-refractivity contribution is -0.137. The lowest BCUT2D eigenvalue weighted by atomic mass is 9.99. The van der Waals surface area contributed by atoms with Gasteiger partial charge in [-0.05, 0) is 35.4 Å². The Hall–Kier alpha value is -2.01. The molecule has 0 bridgehead atoms. The summed E-state index contributed by atoms with van der Waals surface area (Å²) in [5, 5.41) is 10.2. The fourth-order valence-electron chi connectivity index (χ4n) is 1.89. The van der Waals surface area contributed by atoms with Gasteiger partial charge in [-0.15, -0.1) is 0 Å². The zero-order chi connectivity index (χ0) is 14.8. The first-order valence-electron chi connectivity index (χ1n) is 5.91. The Morgan fingerprint density at radius 1 is 1.00 bits per heavy atom. The van der Waals surface area contributed by atoms with E-state index in [4.69, 9.17) is 4.74 Å². The molecule has 0 saturated carbocycles. The van der Waals surface area contributed by atoms with Gasteiger partial charge in [-0.2, -0.15) is 13.2 Å². The average Bonchev–Trinajstić information content (AvgIpc) is 2.46. The average molecular weight is 282 g/mol. The summed E-state index contributed by atoms with van der Waals surface area (Å²) >= 11 is 0. The molecule has 2 nitrogen and oxygen atoms in total. The monoisotopic (exact) mass is 282 g/mol. The lowest BCUT2D eigenvalue weighted by Crippen LogP contribution is -2.07. The summed E-state index contributed by atoms with van der Waals surface area (Å²) in [6.45, 7) is 0. The molecule has 0 amide bonds. The number of hydrogen-bond acceptors (Lipinski definition) is 2. The predicted octanol–water partition coefficient (Wildman–Crippen LogP) is 3.80. The van der Waals surface area contributed by atoms with E-state index in [1.807, 2.05) is 0 Å². The van der Waals surface area contributed by atoms with Gasteiger partial charge in [0.05, 0.1) is 12.7 Å². The molecule has 0 spiro atoms. The molecule has 0 aromatic heterocycles. The van der Waals surface area contributed by atoms with Crippen molar-refractivity contribution in [3.8, 4) is 5.75 Å². The van der Waals surface area contributed by atoms with E-state index in [2.05, 4.69) is 0 Å². The first-order valence-corrected chi connectivity index (χ1v) is 5.91. The second-order valence-electron chi connectivity index (χ2n) is 4.30. The Morgan fingerprint density at radius 2 is 1.60 bits per heavy atom. The van der Waals surface area contributed by atoms with Crippen LogP contribution in [0.15, 0.2) is 48.5 Å². The van der Waals surface area contributed by atoms with Crippen molar-refractivity contribution in [3.05, 3.63) is 65.2 Å². The first-order chi connectivity index (χ1) is 9.41. The van der Waals surface area contributed by atoms with Crippen molar-refractivity contribution in [2.75, 3.05) is 7.11 Å². The minimum absolute atomic E-state index is 0.188. The van der Waals surface area contributed by atoms with Gasteiger partial charge in [0.25, 0.3) is 0 Å². The molecule has 1 N–H and O–H groups in total. The topological polar surface area (TPSA) is 29.5 Å². The normalized spacial score (nSPS) is 13.1. The van der Waals surface area contributed by atoms with Crippen LogP contribution in [0.2, 0.25) is 0 Å². The molecule has 106 valence electrons. The summed E-state index contributed by atoms with van der Waals surface area (Å²) in [7, 11) is 1.48. The number of methoxy groups -OCH3 is 1. The third-order valence-electron chi connectivity index (χ3n) is 2.94. The summed E-state index contributed by atoms with van der Waals surface area (Å²) in [4.78, 5) is 0. The lowest BCUT2D eigenvalue weighted by Gasteiger charge is -2.14. The van der Waals surface area contributed by atoms with E-state index >= 15 is 0 Å². The van der Waals surface area contributed by atoms with Crippen LogP contribution in [0, 0.1) is 0 Å². The second-order valence-corrected chi connectivity index (χ2v) is 4.30. The molecule has 0 aliphatic heterocycles. The van der Waals surface area contributed by atoms with Gasteiger partial charge in [-0.1, -0.05) is 24.3 Å². The Bertz CT molecular complexity index is 594. The number of aliphatic hydroxyl groups is 1. The number of hydrogen-bond donors (Lipinski definition) is 1. The quantitative estimate of drug-likeness (QED) is 0.928. The molecule has 0 aliphatic rings. The molecule has 2 rings (SSSR count). The van der Waals surface area contributed by atoms with Gasteiger partial charge in [0.15, 0.2) is 0 Å². The maximum absolute atomic E-state index is 12.7. The number of benzene rings is 2. The fourth-order valence-corrected chi connectivity index (χ4v) is 1.89. The van der Waals surface area contributed by atoms with Crippen molar-refractivity contribution >= 4 is 0 Å². The highest BCUT2D eigenvalue weighted by Crippen LogP contribution is 2.32. The second kappa shape index (κ2) is 5.54. The SMILES string of the molecule is COc1cccc(C(O)c2cccc(C(F)(F)F)c2)c1. The van der Waals surface area contributed by atoms with E-state index in [1.54, 1.807) is 24.3 Å². The van der Waals surface area contributed by atoms with Crippen LogP contribution in [0.25, 0.3) is 0 Å². The van der Waals surface area contributed by atoms with E-state index in [0.717, 1.165) is 12.1 Å². The Morgan fingerprint density at radius 3 is 2.20 bits per heavy atom. The largest absolute Gasteiger partial charge is 0.497 e. The molecule has 1 atom stereocenters. The minimum Gasteiger partial charge on any atom is -0.497 e. The van der Waals surface area contributed by atoms with Crippen LogP contribution < -0.4 is 4.74 Å². The molecule has 0 fully saturated rings. The standard InChI is InChI=1S/C15H13F3O2/c1-20-13-7-3-5-11(9-13)14(19)10-4-2-6-12(8-10)15(16,17)18/h2-9,14,19H,1H3. The first kappa shape index (κ1) is 14.4. The number of rotatable bonds is 3. The van der Waals surface area contributed by atoms with Crippen molar-refractivity contribution in [2.45, 2.75) is 12.3 Å². The van der Waals surface area contributed by atoms with Crippen LogP contribution in [0.4, 0.5) is 13.2 Å². The maximum atomic E-state index is 12.7. The Labute approximate surface area is 114 Å². The number of alkyl halides is 3. The van der Waals surface area contributed by atoms with E-state index in [1.165, 1.54) is 19.2 Å². The maximum Gasteiger partial charge on any atom is 0.416 e. The van der Waals surface area contributed by atoms with Crippen LogP contribution >= 0.6 is 0 Å². The van der Waals surface area contributed by atoms with Crippen molar-refractivity contribution < 1.29 is 23.0 Å². The number of aliphatic hydroxyl groups excluding tert-OH is 1. The Balaban J connectivity index is 2.35. The summed E-state index contributed by atoms with van der Waals surface area (Å²) in [6.07, 6.45) is -5.56. The van der Waals surface area contributed by atoms with Crippen LogP contribution in [0.3, 0.4) is 0 Å². The van der Waals surface area contributed by atoms with Crippen molar-refractivity contribution in [1.82, 2.24) is 0 Å². The van der Waals surface area contributed by atoms with Gasteiger partial charge in [0.2, 0.25) is 0 Å².